The fourth-order valence-electron chi connectivity index (χ4n) is 1.16. The third kappa shape index (κ3) is 3.85. The number of rotatable bonds is 4. The highest BCUT2D eigenvalue weighted by Gasteiger charge is 2.07. The highest BCUT2D eigenvalue weighted by atomic mass is 79.9. The molecule has 1 N–H and O–H groups in total. The van der Waals surface area contributed by atoms with Crippen molar-refractivity contribution in [2.24, 2.45) is 5.10 Å². The maximum atomic E-state index is 11.3. The summed E-state index contributed by atoms with van der Waals surface area (Å²) < 4.78 is 5.76. The van der Waals surface area contributed by atoms with Crippen LogP contribution >= 0.6 is 15.9 Å². The summed E-state index contributed by atoms with van der Waals surface area (Å²) in [5, 5.41) is 3.98. The monoisotopic (exact) mass is 298 g/mol. The van der Waals surface area contributed by atoms with Gasteiger partial charge in [-0.25, -0.2) is 4.79 Å². The third-order valence-electron chi connectivity index (χ3n) is 2.11. The average molecular weight is 299 g/mol. The molecule has 0 saturated carbocycles. The lowest BCUT2D eigenvalue weighted by atomic mass is 10.2. The second-order valence-corrected chi connectivity index (χ2v) is 4.26. The van der Waals surface area contributed by atoms with Gasteiger partial charge in [-0.15, -0.1) is 0 Å². The highest BCUT2D eigenvalue weighted by Crippen LogP contribution is 2.25. The minimum atomic E-state index is -0.413. The second kappa shape index (κ2) is 6.39. The van der Waals surface area contributed by atoms with Gasteiger partial charge in [0.25, 0.3) is 0 Å². The van der Waals surface area contributed by atoms with Crippen LogP contribution in [0.25, 0.3) is 0 Å². The molecule has 1 aromatic rings. The van der Waals surface area contributed by atoms with E-state index in [0.29, 0.717) is 12.3 Å². The van der Waals surface area contributed by atoms with Crippen molar-refractivity contribution in [1.29, 1.82) is 0 Å². The van der Waals surface area contributed by atoms with Gasteiger partial charge in [0.2, 0.25) is 0 Å². The summed E-state index contributed by atoms with van der Waals surface area (Å²) in [4.78, 5) is 11.3. The van der Waals surface area contributed by atoms with Gasteiger partial charge in [-0.05, 0) is 48.3 Å². The number of hydrogen-bond donors (Lipinski definition) is 1. The number of aryl methyl sites for hydroxylation is 1. The lowest BCUT2D eigenvalue weighted by Gasteiger charge is -2.07. The Labute approximate surface area is 109 Å². The number of esters is 1. The summed E-state index contributed by atoms with van der Waals surface area (Å²) >= 11 is 3.45. The van der Waals surface area contributed by atoms with Gasteiger partial charge in [0.05, 0.1) is 12.3 Å². The van der Waals surface area contributed by atoms with E-state index in [0.717, 1.165) is 15.7 Å². The predicted molar refractivity (Wildman–Crippen MR) is 72.2 cm³/mol. The molecule has 0 aliphatic heterocycles. The first-order valence-electron chi connectivity index (χ1n) is 5.28. The Morgan fingerprint density at radius 2 is 2.24 bits per heavy atom. The van der Waals surface area contributed by atoms with E-state index in [2.05, 4.69) is 26.5 Å². The van der Waals surface area contributed by atoms with Gasteiger partial charge in [0.15, 0.2) is 0 Å². The van der Waals surface area contributed by atoms with Crippen molar-refractivity contribution in [3.63, 3.8) is 0 Å². The first kappa shape index (κ1) is 13.7. The van der Waals surface area contributed by atoms with Crippen LogP contribution in [0, 0.1) is 6.92 Å². The van der Waals surface area contributed by atoms with Crippen molar-refractivity contribution in [3.8, 4) is 0 Å². The SMILES string of the molecule is CCOC(=O)C(C)=NNc1cccc(C)c1Br. The zero-order valence-electron chi connectivity index (χ0n) is 10.1. The van der Waals surface area contributed by atoms with E-state index in [4.69, 9.17) is 4.74 Å². The Bertz CT molecular complexity index is 444. The second-order valence-electron chi connectivity index (χ2n) is 3.47. The molecule has 1 aromatic carbocycles. The first-order valence-corrected chi connectivity index (χ1v) is 6.08. The number of nitrogens with zero attached hydrogens (tertiary/aromatic N) is 1. The molecule has 0 aliphatic carbocycles. The Balaban J connectivity index is 2.75. The molecule has 4 nitrogen and oxygen atoms in total. The summed E-state index contributed by atoms with van der Waals surface area (Å²) in [6, 6.07) is 5.77. The fraction of sp³-hybridized carbons (Fsp3) is 0.333. The summed E-state index contributed by atoms with van der Waals surface area (Å²) in [7, 11) is 0. The smallest absolute Gasteiger partial charge is 0.354 e. The highest BCUT2D eigenvalue weighted by molar-refractivity contribution is 9.10. The molecule has 92 valence electrons. The summed E-state index contributed by atoms with van der Waals surface area (Å²) in [5.41, 5.74) is 5.03. The molecule has 1 rings (SSSR count). The molecule has 0 aromatic heterocycles. The van der Waals surface area contributed by atoms with Crippen molar-refractivity contribution in [1.82, 2.24) is 0 Å². The lowest BCUT2D eigenvalue weighted by Crippen LogP contribution is -2.15. The standard InChI is InChI=1S/C12H15BrN2O2/c1-4-17-12(16)9(3)14-15-10-7-5-6-8(2)11(10)13/h5-7,15H,4H2,1-3H3. The molecule has 0 unspecified atom stereocenters. The van der Waals surface area contributed by atoms with Crippen LogP contribution in [0.4, 0.5) is 5.69 Å². The van der Waals surface area contributed by atoms with Gasteiger partial charge in [0, 0.05) is 4.47 Å². The van der Waals surface area contributed by atoms with Gasteiger partial charge >= 0.3 is 5.97 Å². The third-order valence-corrected chi connectivity index (χ3v) is 3.16. The maximum Gasteiger partial charge on any atom is 0.354 e. The largest absolute Gasteiger partial charge is 0.461 e. The number of carbonyl (C=O) groups is 1. The van der Waals surface area contributed by atoms with E-state index in [1.54, 1.807) is 13.8 Å². The Morgan fingerprint density at radius 1 is 1.53 bits per heavy atom. The molecule has 0 spiro atoms. The molecule has 0 atom stereocenters. The van der Waals surface area contributed by atoms with E-state index >= 15 is 0 Å². The van der Waals surface area contributed by atoms with Crippen LogP contribution < -0.4 is 5.43 Å². The molecular weight excluding hydrogens is 284 g/mol. The van der Waals surface area contributed by atoms with E-state index in [1.807, 2.05) is 25.1 Å². The van der Waals surface area contributed by atoms with Crippen molar-refractivity contribution in [2.75, 3.05) is 12.0 Å². The zero-order chi connectivity index (χ0) is 12.8. The van der Waals surface area contributed by atoms with E-state index < -0.39 is 5.97 Å². The number of nitrogens with one attached hydrogen (secondary N) is 1. The minimum Gasteiger partial charge on any atom is -0.461 e. The van der Waals surface area contributed by atoms with Crippen LogP contribution in [-0.2, 0) is 9.53 Å². The van der Waals surface area contributed by atoms with Gasteiger partial charge in [0.1, 0.15) is 5.71 Å². The zero-order valence-corrected chi connectivity index (χ0v) is 11.7. The molecule has 0 heterocycles. The molecule has 0 radical (unpaired) electrons. The Morgan fingerprint density at radius 3 is 2.88 bits per heavy atom. The quantitative estimate of drug-likeness (QED) is 0.528. The van der Waals surface area contributed by atoms with Crippen molar-refractivity contribution in [2.45, 2.75) is 20.8 Å². The van der Waals surface area contributed by atoms with Gasteiger partial charge in [-0.3, -0.25) is 5.43 Å². The number of carbonyl (C=O) groups excluding carboxylic acids is 1. The number of anilines is 1. The molecule has 5 heteroatoms. The molecule has 17 heavy (non-hydrogen) atoms. The van der Waals surface area contributed by atoms with Crippen LogP contribution in [0.15, 0.2) is 27.8 Å². The topological polar surface area (TPSA) is 50.7 Å². The summed E-state index contributed by atoms with van der Waals surface area (Å²) in [6.07, 6.45) is 0. The van der Waals surface area contributed by atoms with Crippen LogP contribution in [-0.4, -0.2) is 18.3 Å². The summed E-state index contributed by atoms with van der Waals surface area (Å²) in [5.74, 6) is -0.413. The number of hydrogen-bond acceptors (Lipinski definition) is 4. The molecule has 0 fully saturated rings. The summed E-state index contributed by atoms with van der Waals surface area (Å²) in [6.45, 7) is 5.70. The first-order chi connectivity index (χ1) is 8.06. The van der Waals surface area contributed by atoms with Crippen molar-refractivity contribution in [3.05, 3.63) is 28.2 Å². The molecule has 0 aliphatic rings. The van der Waals surface area contributed by atoms with E-state index in [1.165, 1.54) is 0 Å². The molecular formula is C12H15BrN2O2. The van der Waals surface area contributed by atoms with Crippen LogP contribution in [0.5, 0.6) is 0 Å². The normalized spacial score (nSPS) is 11.2. The maximum absolute atomic E-state index is 11.3. The minimum absolute atomic E-state index is 0.292. The van der Waals surface area contributed by atoms with Gasteiger partial charge in [-0.1, -0.05) is 12.1 Å². The van der Waals surface area contributed by atoms with Crippen LogP contribution in [0.1, 0.15) is 19.4 Å². The average Bonchev–Trinajstić information content (AvgIpc) is 2.31. The van der Waals surface area contributed by atoms with Crippen LogP contribution in [0.3, 0.4) is 0 Å². The lowest BCUT2D eigenvalue weighted by molar-refractivity contribution is -0.135. The Kier molecular flexibility index (Phi) is 5.15. The molecule has 0 bridgehead atoms. The Hall–Kier alpha value is -1.36. The fourth-order valence-corrected chi connectivity index (χ4v) is 1.51. The number of hydrazone groups is 1. The molecule has 0 saturated heterocycles. The number of halogens is 1. The van der Waals surface area contributed by atoms with Crippen LogP contribution in [0.2, 0.25) is 0 Å². The van der Waals surface area contributed by atoms with Crippen molar-refractivity contribution >= 4 is 33.3 Å². The van der Waals surface area contributed by atoms with E-state index in [9.17, 15) is 4.79 Å². The number of benzene rings is 1. The van der Waals surface area contributed by atoms with Crippen molar-refractivity contribution < 1.29 is 9.53 Å². The van der Waals surface area contributed by atoms with E-state index in [-0.39, 0.29) is 0 Å². The number of ether oxygens (including phenoxy) is 1. The predicted octanol–water partition coefficient (Wildman–Crippen LogP) is 3.11. The molecule has 0 amide bonds. The van der Waals surface area contributed by atoms with Gasteiger partial charge in [-0.2, -0.15) is 5.10 Å². The van der Waals surface area contributed by atoms with Gasteiger partial charge < -0.3 is 4.74 Å².